The van der Waals surface area contributed by atoms with E-state index in [0.717, 1.165) is 5.56 Å². The van der Waals surface area contributed by atoms with E-state index in [2.05, 4.69) is 5.32 Å². The van der Waals surface area contributed by atoms with E-state index < -0.39 is 0 Å². The fourth-order valence-corrected chi connectivity index (χ4v) is 2.64. The van der Waals surface area contributed by atoms with Crippen LogP contribution in [0.4, 0.5) is 5.69 Å². The first kappa shape index (κ1) is 17.1. The Hall–Kier alpha value is -2.70. The predicted octanol–water partition coefficient (Wildman–Crippen LogP) is 1.87. The lowest BCUT2D eigenvalue weighted by atomic mass is 10.1. The molecule has 0 unspecified atom stereocenters. The van der Waals surface area contributed by atoms with Crippen LogP contribution in [-0.2, 0) is 11.3 Å². The highest BCUT2D eigenvalue weighted by molar-refractivity contribution is 6.04. The molecule has 1 heterocycles. The lowest BCUT2D eigenvalue weighted by Gasteiger charge is -2.26. The number of nitrogens with zero attached hydrogens (tertiary/aromatic N) is 1. The highest BCUT2D eigenvalue weighted by Crippen LogP contribution is 2.14. The van der Waals surface area contributed by atoms with Crippen LogP contribution in [0.1, 0.15) is 26.3 Å². The maximum Gasteiger partial charge on any atom is 0.255 e. The molecule has 1 aliphatic heterocycles. The maximum absolute atomic E-state index is 12.4. The number of hydrogen-bond donors (Lipinski definition) is 2. The predicted molar refractivity (Wildman–Crippen MR) is 95.5 cm³/mol. The van der Waals surface area contributed by atoms with E-state index in [-0.39, 0.29) is 11.8 Å². The zero-order valence-corrected chi connectivity index (χ0v) is 13.9. The number of nitrogens with two attached hydrogens (primary N) is 1. The van der Waals surface area contributed by atoms with Gasteiger partial charge in [0.15, 0.2) is 0 Å². The highest BCUT2D eigenvalue weighted by Gasteiger charge is 2.18. The van der Waals surface area contributed by atoms with Gasteiger partial charge in [-0.2, -0.15) is 0 Å². The first-order chi connectivity index (χ1) is 12.2. The Balaban J connectivity index is 1.63. The molecule has 6 nitrogen and oxygen atoms in total. The van der Waals surface area contributed by atoms with Crippen LogP contribution in [0.15, 0.2) is 48.5 Å². The van der Waals surface area contributed by atoms with Crippen LogP contribution < -0.4 is 11.1 Å². The van der Waals surface area contributed by atoms with Gasteiger partial charge in [-0.1, -0.05) is 12.1 Å². The molecule has 2 amide bonds. The van der Waals surface area contributed by atoms with E-state index >= 15 is 0 Å². The van der Waals surface area contributed by atoms with Crippen LogP contribution >= 0.6 is 0 Å². The summed E-state index contributed by atoms with van der Waals surface area (Å²) < 4.78 is 5.26. The minimum Gasteiger partial charge on any atom is -0.378 e. The van der Waals surface area contributed by atoms with Crippen LogP contribution in [0.3, 0.4) is 0 Å². The van der Waals surface area contributed by atoms with E-state index in [4.69, 9.17) is 10.5 Å². The Morgan fingerprint density at radius 3 is 2.16 bits per heavy atom. The Labute approximate surface area is 146 Å². The first-order valence-corrected chi connectivity index (χ1v) is 8.25. The van der Waals surface area contributed by atoms with Crippen molar-refractivity contribution in [1.29, 1.82) is 0 Å². The zero-order chi connectivity index (χ0) is 17.6. The van der Waals surface area contributed by atoms with Crippen molar-refractivity contribution in [3.05, 3.63) is 65.2 Å². The molecule has 0 radical (unpaired) electrons. The van der Waals surface area contributed by atoms with Gasteiger partial charge >= 0.3 is 0 Å². The van der Waals surface area contributed by atoms with Gasteiger partial charge in [-0.15, -0.1) is 0 Å². The van der Waals surface area contributed by atoms with Crippen LogP contribution in [-0.4, -0.2) is 43.0 Å². The van der Waals surface area contributed by atoms with Crippen molar-refractivity contribution >= 4 is 17.5 Å². The molecule has 3 rings (SSSR count). The molecule has 1 fully saturated rings. The average molecular weight is 339 g/mol. The number of hydrogen-bond acceptors (Lipinski definition) is 4. The number of ether oxygens (including phenoxy) is 1. The molecular formula is C19H21N3O3. The van der Waals surface area contributed by atoms with Crippen LogP contribution in [0.2, 0.25) is 0 Å². The molecule has 2 aromatic carbocycles. The molecule has 3 N–H and O–H groups in total. The third-order valence-electron chi connectivity index (χ3n) is 4.14. The monoisotopic (exact) mass is 339 g/mol. The molecule has 1 aliphatic rings. The Morgan fingerprint density at radius 2 is 1.56 bits per heavy atom. The lowest BCUT2D eigenvalue weighted by Crippen LogP contribution is -2.40. The summed E-state index contributed by atoms with van der Waals surface area (Å²) in [6, 6.07) is 14.1. The third kappa shape index (κ3) is 4.23. The Bertz CT molecular complexity index is 736. The average Bonchev–Trinajstić information content (AvgIpc) is 2.68. The summed E-state index contributed by atoms with van der Waals surface area (Å²) in [6.45, 7) is 2.80. The van der Waals surface area contributed by atoms with E-state index in [9.17, 15) is 9.59 Å². The number of rotatable bonds is 4. The summed E-state index contributed by atoms with van der Waals surface area (Å²) in [5.41, 5.74) is 8.34. The SMILES string of the molecule is NCc1ccc(C(=O)Nc2ccc(C(=O)N3CCOCC3)cc2)cc1. The Morgan fingerprint density at radius 1 is 0.960 bits per heavy atom. The summed E-state index contributed by atoms with van der Waals surface area (Å²) in [7, 11) is 0. The molecule has 0 spiro atoms. The van der Waals surface area contributed by atoms with Crippen molar-refractivity contribution in [2.24, 2.45) is 5.73 Å². The largest absolute Gasteiger partial charge is 0.378 e. The van der Waals surface area contributed by atoms with E-state index in [1.807, 2.05) is 12.1 Å². The van der Waals surface area contributed by atoms with E-state index in [1.54, 1.807) is 41.3 Å². The molecule has 0 aliphatic carbocycles. The van der Waals surface area contributed by atoms with Crippen LogP contribution in [0.25, 0.3) is 0 Å². The van der Waals surface area contributed by atoms with Gasteiger partial charge in [0.2, 0.25) is 0 Å². The molecular weight excluding hydrogens is 318 g/mol. The number of carbonyl (C=O) groups excluding carboxylic acids is 2. The van der Waals surface area contributed by atoms with Gasteiger partial charge in [-0.3, -0.25) is 9.59 Å². The minimum absolute atomic E-state index is 0.0152. The van der Waals surface area contributed by atoms with Crippen molar-refractivity contribution in [2.75, 3.05) is 31.6 Å². The molecule has 1 saturated heterocycles. The number of benzene rings is 2. The quantitative estimate of drug-likeness (QED) is 0.890. The van der Waals surface area contributed by atoms with Gasteiger partial charge < -0.3 is 20.7 Å². The van der Waals surface area contributed by atoms with Crippen molar-refractivity contribution in [3.63, 3.8) is 0 Å². The summed E-state index contributed by atoms with van der Waals surface area (Å²) in [6.07, 6.45) is 0. The van der Waals surface area contributed by atoms with Crippen molar-refractivity contribution < 1.29 is 14.3 Å². The summed E-state index contributed by atoms with van der Waals surface area (Å²) in [5, 5.41) is 2.83. The summed E-state index contributed by atoms with van der Waals surface area (Å²) in [4.78, 5) is 26.4. The normalized spacial score (nSPS) is 14.2. The van der Waals surface area contributed by atoms with Crippen molar-refractivity contribution in [1.82, 2.24) is 4.90 Å². The Kier molecular flexibility index (Phi) is 5.42. The molecule has 0 aromatic heterocycles. The van der Waals surface area contributed by atoms with E-state index in [1.165, 1.54) is 0 Å². The zero-order valence-electron chi connectivity index (χ0n) is 13.9. The topological polar surface area (TPSA) is 84.7 Å². The van der Waals surface area contributed by atoms with Crippen LogP contribution in [0.5, 0.6) is 0 Å². The third-order valence-corrected chi connectivity index (χ3v) is 4.14. The molecule has 25 heavy (non-hydrogen) atoms. The molecule has 6 heteroatoms. The van der Waals surface area contributed by atoms with Gasteiger partial charge in [0, 0.05) is 36.4 Å². The summed E-state index contributed by atoms with van der Waals surface area (Å²) in [5.74, 6) is -0.214. The smallest absolute Gasteiger partial charge is 0.255 e. The second kappa shape index (κ2) is 7.92. The fraction of sp³-hybridized carbons (Fsp3) is 0.263. The summed E-state index contributed by atoms with van der Waals surface area (Å²) >= 11 is 0. The van der Waals surface area contributed by atoms with Crippen molar-refractivity contribution in [2.45, 2.75) is 6.54 Å². The second-order valence-corrected chi connectivity index (χ2v) is 5.84. The first-order valence-electron chi connectivity index (χ1n) is 8.25. The second-order valence-electron chi connectivity index (χ2n) is 5.84. The molecule has 0 atom stereocenters. The number of amides is 2. The maximum atomic E-state index is 12.4. The number of morpholine rings is 1. The molecule has 0 saturated carbocycles. The molecule has 0 bridgehead atoms. The van der Waals surface area contributed by atoms with Gasteiger partial charge in [0.25, 0.3) is 11.8 Å². The fourth-order valence-electron chi connectivity index (χ4n) is 2.64. The highest BCUT2D eigenvalue weighted by atomic mass is 16.5. The number of carbonyl (C=O) groups is 2. The lowest BCUT2D eigenvalue weighted by molar-refractivity contribution is 0.0303. The molecule has 130 valence electrons. The molecule has 2 aromatic rings. The number of anilines is 1. The van der Waals surface area contributed by atoms with Gasteiger partial charge in [0.05, 0.1) is 13.2 Å². The van der Waals surface area contributed by atoms with Crippen LogP contribution in [0, 0.1) is 0 Å². The van der Waals surface area contributed by atoms with E-state index in [0.29, 0.717) is 49.7 Å². The minimum atomic E-state index is -0.198. The van der Waals surface area contributed by atoms with Gasteiger partial charge in [0.1, 0.15) is 0 Å². The number of nitrogens with one attached hydrogen (secondary N) is 1. The van der Waals surface area contributed by atoms with Gasteiger partial charge in [-0.05, 0) is 42.0 Å². The van der Waals surface area contributed by atoms with Crippen molar-refractivity contribution in [3.8, 4) is 0 Å². The van der Waals surface area contributed by atoms with Gasteiger partial charge in [-0.25, -0.2) is 0 Å². The standard InChI is InChI=1S/C19H21N3O3/c20-13-14-1-3-15(4-2-14)18(23)21-17-7-5-16(6-8-17)19(24)22-9-11-25-12-10-22/h1-8H,9-13,20H2,(H,21,23).